The molecule has 0 aromatic heterocycles. The molecule has 30 valence electrons. The monoisotopic (exact) mass is 79.0 g/mol. The van der Waals surface area contributed by atoms with E-state index in [0.29, 0.717) is 0 Å². The first-order valence-electron chi connectivity index (χ1n) is 1.52. The molecule has 1 nitrogen and oxygen atoms in total. The second-order valence-electron chi connectivity index (χ2n) is 0.637. The van der Waals surface area contributed by atoms with E-state index in [1.165, 1.54) is 0 Å². The van der Waals surface area contributed by atoms with Crippen LogP contribution in [-0.4, -0.2) is 12.9 Å². The third-order valence-corrected chi connectivity index (χ3v) is 0.256. The lowest BCUT2D eigenvalue weighted by Gasteiger charge is -1.44. The highest BCUT2D eigenvalue weighted by Gasteiger charge is 1.31. The van der Waals surface area contributed by atoms with Gasteiger partial charge in [0.1, 0.15) is 0 Å². The summed E-state index contributed by atoms with van der Waals surface area (Å²) in [6.07, 6.45) is 0. The minimum Gasteiger partial charge on any atom is -0.238 e. The van der Waals surface area contributed by atoms with Crippen LogP contribution in [0, 0.1) is 0 Å². The Bertz CT molecular complexity index is 128. The molecular formula is C5H5N. The van der Waals surface area contributed by atoms with Gasteiger partial charge in [0, 0.05) is 18.6 Å². The van der Waals surface area contributed by atoms with Crippen molar-refractivity contribution in [3.8, 4) is 0 Å². The van der Waals surface area contributed by atoms with E-state index in [0.717, 1.165) is 0 Å². The number of hydrogen-bond acceptors (Lipinski definition) is 1. The van der Waals surface area contributed by atoms with Crippen molar-refractivity contribution in [3.05, 3.63) is 18.0 Å². The summed E-state index contributed by atoms with van der Waals surface area (Å²) in [7, 11) is 1.62. The fourth-order valence-corrected chi connectivity index (χ4v) is 0.0954. The van der Waals surface area contributed by atoms with Crippen LogP contribution in [0.3, 0.4) is 0 Å². The van der Waals surface area contributed by atoms with E-state index in [9.17, 15) is 0 Å². The van der Waals surface area contributed by atoms with Crippen LogP contribution in [-0.2, 0) is 0 Å². The van der Waals surface area contributed by atoms with Gasteiger partial charge in [-0.2, -0.15) is 0 Å². The van der Waals surface area contributed by atoms with Crippen LogP contribution in [0.15, 0.2) is 23.0 Å². The van der Waals surface area contributed by atoms with Gasteiger partial charge in [0.2, 0.25) is 0 Å². The Hall–Kier alpha value is -0.990. The maximum Gasteiger partial charge on any atom is 0.0420 e. The summed E-state index contributed by atoms with van der Waals surface area (Å²) in [5.74, 6) is 2.40. The normalized spacial score (nSPS) is 4.17. The van der Waals surface area contributed by atoms with E-state index in [1.807, 2.05) is 0 Å². The highest BCUT2D eigenvalue weighted by atomic mass is 14.6. The predicted molar refractivity (Wildman–Crippen MR) is 26.0 cm³/mol. The first kappa shape index (κ1) is 5.01. The smallest absolute Gasteiger partial charge is 0.0420 e. The average Bonchev–Trinajstić information content (AvgIpc) is 1.61. The van der Waals surface area contributed by atoms with E-state index < -0.39 is 0 Å². The van der Waals surface area contributed by atoms with E-state index in [2.05, 4.69) is 28.9 Å². The van der Waals surface area contributed by atoms with Crippen LogP contribution in [0.1, 0.15) is 0 Å². The molecule has 1 heteroatoms. The predicted octanol–water partition coefficient (Wildman–Crippen LogP) is 0.782. The van der Waals surface area contributed by atoms with Crippen LogP contribution in [0.4, 0.5) is 0 Å². The van der Waals surface area contributed by atoms with E-state index >= 15 is 0 Å². The number of hydrogen-bond donors (Lipinski definition) is 0. The summed E-state index contributed by atoms with van der Waals surface area (Å²) in [4.78, 5) is 3.46. The maximum atomic E-state index is 3.46. The van der Waals surface area contributed by atoms with Gasteiger partial charge in [-0.15, -0.1) is 0 Å². The van der Waals surface area contributed by atoms with Gasteiger partial charge < -0.3 is 0 Å². The molecule has 0 fully saturated rings. The molecule has 0 N–H and O–H groups in total. The Morgan fingerprint density at radius 1 is 1.67 bits per heavy atom. The first-order valence-corrected chi connectivity index (χ1v) is 1.52. The minimum absolute atomic E-state index is 1.62. The summed E-state index contributed by atoms with van der Waals surface area (Å²) >= 11 is 0. The highest BCUT2D eigenvalue weighted by Crippen LogP contribution is 1.39. The Labute approximate surface area is 37.0 Å². The molecule has 6 heavy (non-hydrogen) atoms. The minimum atomic E-state index is 1.62. The lowest BCUT2D eigenvalue weighted by molar-refractivity contribution is 1.49. The number of aliphatic imine (C=N–C) groups is 1. The molecule has 0 amide bonds. The van der Waals surface area contributed by atoms with E-state index in [4.69, 9.17) is 0 Å². The zero-order valence-corrected chi connectivity index (χ0v) is 3.65. The third kappa shape index (κ3) is 3.01. The molecule has 0 aliphatic carbocycles. The summed E-state index contributed by atoms with van der Waals surface area (Å²) in [5, 5.41) is 0. The van der Waals surface area contributed by atoms with Crippen molar-refractivity contribution in [3.63, 3.8) is 0 Å². The first-order chi connectivity index (χ1) is 2.91. The molecule has 0 atom stereocenters. The van der Waals surface area contributed by atoms with Crippen molar-refractivity contribution in [2.45, 2.75) is 0 Å². The molecule has 0 saturated heterocycles. The van der Waals surface area contributed by atoms with Crippen molar-refractivity contribution >= 4 is 5.87 Å². The summed E-state index contributed by atoms with van der Waals surface area (Å²) in [5.41, 5.74) is 4.78. The van der Waals surface area contributed by atoms with Crippen molar-refractivity contribution in [2.24, 2.45) is 4.99 Å². The zero-order valence-electron chi connectivity index (χ0n) is 3.65. The summed E-state index contributed by atoms with van der Waals surface area (Å²) < 4.78 is 0. The van der Waals surface area contributed by atoms with Crippen LogP contribution in [0.25, 0.3) is 0 Å². The quantitative estimate of drug-likeness (QED) is 0.300. The lowest BCUT2D eigenvalue weighted by Crippen LogP contribution is -1.39. The number of nitrogens with zero attached hydrogens (tertiary/aromatic N) is 1. The van der Waals surface area contributed by atoms with Gasteiger partial charge in [-0.3, -0.25) is 0 Å². The van der Waals surface area contributed by atoms with E-state index in [1.54, 1.807) is 7.05 Å². The molecular weight excluding hydrogens is 74.1 g/mol. The standard InChI is InChI=1S/C5H5N/c1-3-4-5-6-2/h1H2,2H3. The molecule has 0 heterocycles. The SMILES string of the molecule is C=C=C=C=NC. The second kappa shape index (κ2) is 4.01. The molecule has 0 aromatic rings. The van der Waals surface area contributed by atoms with Crippen molar-refractivity contribution < 1.29 is 0 Å². The Morgan fingerprint density at radius 3 is 2.50 bits per heavy atom. The van der Waals surface area contributed by atoms with Crippen LogP contribution in [0.5, 0.6) is 0 Å². The van der Waals surface area contributed by atoms with Crippen molar-refractivity contribution in [1.29, 1.82) is 0 Å². The van der Waals surface area contributed by atoms with E-state index in [-0.39, 0.29) is 0 Å². The third-order valence-electron chi connectivity index (χ3n) is 0.256. The van der Waals surface area contributed by atoms with Crippen molar-refractivity contribution in [2.75, 3.05) is 7.05 Å². The molecule has 0 rings (SSSR count). The second-order valence-corrected chi connectivity index (χ2v) is 0.637. The average molecular weight is 79.1 g/mol. The molecule has 0 aliphatic heterocycles. The lowest BCUT2D eigenvalue weighted by atomic mass is 10.8. The maximum absolute atomic E-state index is 3.46. The highest BCUT2D eigenvalue weighted by molar-refractivity contribution is 5.49. The van der Waals surface area contributed by atoms with Gasteiger partial charge in [0.05, 0.1) is 0 Å². The molecule has 0 bridgehead atoms. The van der Waals surface area contributed by atoms with Gasteiger partial charge in [-0.1, -0.05) is 5.73 Å². The Balaban J connectivity index is 4.19. The number of rotatable bonds is 0. The van der Waals surface area contributed by atoms with Crippen molar-refractivity contribution in [1.82, 2.24) is 0 Å². The van der Waals surface area contributed by atoms with Crippen LogP contribution in [0.2, 0.25) is 0 Å². The fourth-order valence-electron chi connectivity index (χ4n) is 0.0954. The van der Waals surface area contributed by atoms with Gasteiger partial charge >= 0.3 is 0 Å². The molecule has 0 spiro atoms. The van der Waals surface area contributed by atoms with Gasteiger partial charge in [0.25, 0.3) is 0 Å². The summed E-state index contributed by atoms with van der Waals surface area (Å²) in [6, 6.07) is 0. The molecule has 0 saturated carbocycles. The topological polar surface area (TPSA) is 12.4 Å². The zero-order chi connectivity index (χ0) is 4.83. The molecule has 0 aromatic carbocycles. The van der Waals surface area contributed by atoms with Gasteiger partial charge in [-0.25, -0.2) is 4.99 Å². The largest absolute Gasteiger partial charge is 0.238 e. The van der Waals surface area contributed by atoms with Crippen LogP contribution < -0.4 is 0 Å². The van der Waals surface area contributed by atoms with Gasteiger partial charge in [0.15, 0.2) is 0 Å². The molecule has 0 aliphatic rings. The van der Waals surface area contributed by atoms with Gasteiger partial charge in [-0.05, 0) is 6.58 Å². The Kier molecular flexibility index (Phi) is 3.35. The fraction of sp³-hybridized carbons (Fsp3) is 0.200. The summed E-state index contributed by atoms with van der Waals surface area (Å²) in [6.45, 7) is 3.24. The molecule has 0 radical (unpaired) electrons. The Morgan fingerprint density at radius 2 is 2.33 bits per heavy atom. The van der Waals surface area contributed by atoms with Crippen LogP contribution >= 0.6 is 0 Å². The molecule has 0 unspecified atom stereocenters.